The topological polar surface area (TPSA) is 41.1 Å². The molecule has 1 amide bonds. The van der Waals surface area contributed by atoms with Gasteiger partial charge in [0.25, 0.3) is 0 Å². The van der Waals surface area contributed by atoms with Gasteiger partial charge in [0.2, 0.25) is 5.91 Å². The van der Waals surface area contributed by atoms with Crippen LogP contribution in [0.3, 0.4) is 0 Å². The van der Waals surface area contributed by atoms with Gasteiger partial charge in [0.05, 0.1) is 0 Å². The number of hydrogen-bond acceptors (Lipinski definition) is 2. The predicted octanol–water partition coefficient (Wildman–Crippen LogP) is 0.901. The van der Waals surface area contributed by atoms with Gasteiger partial charge in [-0.1, -0.05) is 13.3 Å². The van der Waals surface area contributed by atoms with E-state index in [0.717, 1.165) is 18.9 Å². The van der Waals surface area contributed by atoms with E-state index in [1.54, 1.807) is 0 Å². The van der Waals surface area contributed by atoms with E-state index in [1.165, 1.54) is 12.8 Å². The molecular weight excluding hydrogens is 164 g/mol. The van der Waals surface area contributed by atoms with E-state index in [1.807, 2.05) is 7.05 Å². The van der Waals surface area contributed by atoms with Crippen LogP contribution in [0.5, 0.6) is 0 Å². The predicted molar refractivity (Wildman–Crippen MR) is 53.5 cm³/mol. The van der Waals surface area contributed by atoms with E-state index in [4.69, 9.17) is 0 Å². The first-order chi connectivity index (χ1) is 6.27. The van der Waals surface area contributed by atoms with Crippen molar-refractivity contribution in [3.8, 4) is 0 Å². The molecule has 0 saturated heterocycles. The molecule has 76 valence electrons. The summed E-state index contributed by atoms with van der Waals surface area (Å²) in [7, 11) is 1.91. The van der Waals surface area contributed by atoms with Gasteiger partial charge >= 0.3 is 0 Å². The van der Waals surface area contributed by atoms with Gasteiger partial charge in [-0.2, -0.15) is 0 Å². The van der Waals surface area contributed by atoms with Gasteiger partial charge in [0, 0.05) is 12.5 Å². The molecule has 0 aliphatic heterocycles. The first-order valence-corrected chi connectivity index (χ1v) is 5.22. The molecule has 0 heterocycles. The number of rotatable bonds is 6. The summed E-state index contributed by atoms with van der Waals surface area (Å²) >= 11 is 0. The largest absolute Gasteiger partial charge is 0.353 e. The lowest BCUT2D eigenvalue weighted by atomic mass is 10.3. The summed E-state index contributed by atoms with van der Waals surface area (Å²) in [5.74, 6) is 0.976. The molecule has 0 aromatic heterocycles. The van der Waals surface area contributed by atoms with E-state index in [0.29, 0.717) is 12.5 Å². The van der Waals surface area contributed by atoms with Crippen LogP contribution >= 0.6 is 0 Å². The van der Waals surface area contributed by atoms with Crippen molar-refractivity contribution in [2.75, 3.05) is 13.6 Å². The van der Waals surface area contributed by atoms with Crippen LogP contribution in [0.1, 0.15) is 32.6 Å². The van der Waals surface area contributed by atoms with Gasteiger partial charge in [-0.25, -0.2) is 0 Å². The molecule has 0 bridgehead atoms. The lowest BCUT2D eigenvalue weighted by Crippen LogP contribution is -2.27. The molecule has 1 aliphatic carbocycles. The van der Waals surface area contributed by atoms with Crippen LogP contribution in [0.25, 0.3) is 0 Å². The zero-order valence-corrected chi connectivity index (χ0v) is 8.60. The summed E-state index contributed by atoms with van der Waals surface area (Å²) in [6.45, 7) is 3.10. The molecule has 0 radical (unpaired) electrons. The second-order valence-electron chi connectivity index (χ2n) is 3.79. The molecule has 1 fully saturated rings. The van der Waals surface area contributed by atoms with E-state index in [2.05, 4.69) is 17.6 Å². The fourth-order valence-electron chi connectivity index (χ4n) is 1.58. The zero-order chi connectivity index (χ0) is 9.68. The highest BCUT2D eigenvalue weighted by molar-refractivity contribution is 5.76. The summed E-state index contributed by atoms with van der Waals surface area (Å²) in [5.41, 5.74) is 0. The van der Waals surface area contributed by atoms with E-state index in [-0.39, 0.29) is 5.91 Å². The quantitative estimate of drug-likeness (QED) is 0.602. The highest BCUT2D eigenvalue weighted by Crippen LogP contribution is 2.32. The molecule has 0 aromatic rings. The summed E-state index contributed by atoms with van der Waals surface area (Å²) in [6, 6.07) is 0.493. The first kappa shape index (κ1) is 10.5. The van der Waals surface area contributed by atoms with Crippen molar-refractivity contribution >= 4 is 5.91 Å². The maximum absolute atomic E-state index is 11.3. The van der Waals surface area contributed by atoms with E-state index >= 15 is 0 Å². The Morgan fingerprint density at radius 3 is 2.85 bits per heavy atom. The lowest BCUT2D eigenvalue weighted by Gasteiger charge is -2.03. The van der Waals surface area contributed by atoms with E-state index < -0.39 is 0 Å². The summed E-state index contributed by atoms with van der Waals surface area (Å²) < 4.78 is 0. The Kier molecular flexibility index (Phi) is 4.22. The number of amides is 1. The molecule has 13 heavy (non-hydrogen) atoms. The molecule has 1 aliphatic rings. The summed E-state index contributed by atoms with van der Waals surface area (Å²) in [6.07, 6.45) is 3.98. The van der Waals surface area contributed by atoms with Crippen molar-refractivity contribution in [1.82, 2.24) is 10.6 Å². The zero-order valence-electron chi connectivity index (χ0n) is 8.60. The lowest BCUT2D eigenvalue weighted by molar-refractivity contribution is -0.121. The third-order valence-electron chi connectivity index (χ3n) is 2.62. The SMILES string of the molecule is CCC1CC1NC(=O)CCCNC. The summed E-state index contributed by atoms with van der Waals surface area (Å²) in [4.78, 5) is 11.3. The van der Waals surface area contributed by atoms with Crippen molar-refractivity contribution < 1.29 is 4.79 Å². The molecule has 0 spiro atoms. The smallest absolute Gasteiger partial charge is 0.220 e. The molecule has 1 saturated carbocycles. The average molecular weight is 184 g/mol. The standard InChI is InChI=1S/C10H20N2O/c1-3-8-7-9(8)12-10(13)5-4-6-11-2/h8-9,11H,3-7H2,1-2H3,(H,12,13). The third-order valence-corrected chi connectivity index (χ3v) is 2.62. The van der Waals surface area contributed by atoms with Gasteiger partial charge in [0.1, 0.15) is 0 Å². The number of hydrogen-bond donors (Lipinski definition) is 2. The Morgan fingerprint density at radius 1 is 1.54 bits per heavy atom. The second-order valence-corrected chi connectivity index (χ2v) is 3.79. The molecule has 3 nitrogen and oxygen atoms in total. The molecule has 0 aromatic carbocycles. The van der Waals surface area contributed by atoms with Crippen molar-refractivity contribution in [2.24, 2.45) is 5.92 Å². The monoisotopic (exact) mass is 184 g/mol. The molecular formula is C10H20N2O. The van der Waals surface area contributed by atoms with Crippen LogP contribution in [0.15, 0.2) is 0 Å². The number of carbonyl (C=O) groups excluding carboxylic acids is 1. The Labute approximate surface area is 80.3 Å². The number of nitrogens with one attached hydrogen (secondary N) is 2. The van der Waals surface area contributed by atoms with E-state index in [9.17, 15) is 4.79 Å². The van der Waals surface area contributed by atoms with Gasteiger partial charge in [-0.05, 0) is 32.4 Å². The maximum Gasteiger partial charge on any atom is 0.220 e. The van der Waals surface area contributed by atoms with Crippen LogP contribution in [0, 0.1) is 5.92 Å². The normalized spacial score (nSPS) is 25.7. The molecule has 1 rings (SSSR count). The highest BCUT2D eigenvalue weighted by Gasteiger charge is 2.35. The van der Waals surface area contributed by atoms with Gasteiger partial charge in [0.15, 0.2) is 0 Å². The van der Waals surface area contributed by atoms with Crippen LogP contribution in [0.2, 0.25) is 0 Å². The van der Waals surface area contributed by atoms with Crippen molar-refractivity contribution in [3.05, 3.63) is 0 Å². The van der Waals surface area contributed by atoms with Crippen LogP contribution in [-0.2, 0) is 4.79 Å². The average Bonchev–Trinajstić information content (AvgIpc) is 2.84. The fourth-order valence-corrected chi connectivity index (χ4v) is 1.58. The van der Waals surface area contributed by atoms with Crippen LogP contribution < -0.4 is 10.6 Å². The molecule has 3 heteroatoms. The van der Waals surface area contributed by atoms with Crippen molar-refractivity contribution in [2.45, 2.75) is 38.6 Å². The van der Waals surface area contributed by atoms with Crippen LogP contribution in [0.4, 0.5) is 0 Å². The Morgan fingerprint density at radius 2 is 2.31 bits per heavy atom. The van der Waals surface area contributed by atoms with Crippen LogP contribution in [-0.4, -0.2) is 25.5 Å². The third kappa shape index (κ3) is 3.77. The first-order valence-electron chi connectivity index (χ1n) is 5.22. The molecule has 2 N–H and O–H groups in total. The minimum atomic E-state index is 0.219. The van der Waals surface area contributed by atoms with Gasteiger partial charge in [-0.15, -0.1) is 0 Å². The Bertz CT molecular complexity index is 170. The second kappa shape index (κ2) is 5.22. The number of carbonyl (C=O) groups is 1. The van der Waals surface area contributed by atoms with Gasteiger partial charge < -0.3 is 10.6 Å². The fraction of sp³-hybridized carbons (Fsp3) is 0.900. The summed E-state index contributed by atoms with van der Waals surface area (Å²) in [5, 5.41) is 6.08. The molecule has 2 unspecified atom stereocenters. The maximum atomic E-state index is 11.3. The highest BCUT2D eigenvalue weighted by atomic mass is 16.1. The minimum Gasteiger partial charge on any atom is -0.353 e. The van der Waals surface area contributed by atoms with Gasteiger partial charge in [-0.3, -0.25) is 4.79 Å². The Balaban J connectivity index is 1.99. The minimum absolute atomic E-state index is 0.219. The van der Waals surface area contributed by atoms with Crippen molar-refractivity contribution in [1.29, 1.82) is 0 Å². The van der Waals surface area contributed by atoms with Crippen molar-refractivity contribution in [3.63, 3.8) is 0 Å². The molecule has 2 atom stereocenters. The Hall–Kier alpha value is -0.570.